The van der Waals surface area contributed by atoms with Crippen LogP contribution in [0, 0.1) is 0 Å². The zero-order chi connectivity index (χ0) is 20.2. The zero-order valence-corrected chi connectivity index (χ0v) is 17.4. The van der Waals surface area contributed by atoms with Crippen molar-refractivity contribution in [2.75, 3.05) is 36.8 Å². The molecule has 0 bridgehead atoms. The third kappa shape index (κ3) is 4.63. The molecule has 0 amide bonds. The summed E-state index contributed by atoms with van der Waals surface area (Å²) >= 11 is 0. The molecule has 0 unspecified atom stereocenters. The second kappa shape index (κ2) is 8.46. The highest BCUT2D eigenvalue weighted by Crippen LogP contribution is 2.27. The SMILES string of the molecule is CCS(=O)(=O)c1ccccc1N1CCN(S(=O)(=O)/C=C/c2ccccc2)CC1. The minimum absolute atomic E-state index is 0.0304. The van der Waals surface area contributed by atoms with Gasteiger partial charge in [-0.2, -0.15) is 4.31 Å². The fraction of sp³-hybridized carbons (Fsp3) is 0.300. The average molecular weight is 421 g/mol. The van der Waals surface area contributed by atoms with E-state index in [1.807, 2.05) is 35.2 Å². The summed E-state index contributed by atoms with van der Waals surface area (Å²) in [6.45, 7) is 3.11. The van der Waals surface area contributed by atoms with E-state index in [1.165, 1.54) is 9.71 Å². The van der Waals surface area contributed by atoms with E-state index in [9.17, 15) is 16.8 Å². The first-order valence-corrected chi connectivity index (χ1v) is 12.3. The quantitative estimate of drug-likeness (QED) is 0.718. The predicted octanol–water partition coefficient (Wildman–Crippen LogP) is 2.60. The average Bonchev–Trinajstić information content (AvgIpc) is 2.73. The molecule has 8 heteroatoms. The van der Waals surface area contributed by atoms with Gasteiger partial charge in [0.25, 0.3) is 0 Å². The maximum absolute atomic E-state index is 12.6. The van der Waals surface area contributed by atoms with Crippen LogP contribution in [0.3, 0.4) is 0 Å². The standard InChI is InChI=1S/C20H24N2O4S2/c1-2-27(23,24)20-11-7-6-10-19(20)21-13-15-22(16-14-21)28(25,26)17-12-18-8-4-3-5-9-18/h3-12,17H,2,13-16H2,1H3/b17-12+. The molecule has 0 spiro atoms. The number of rotatable bonds is 6. The second-order valence-electron chi connectivity index (χ2n) is 6.52. The third-order valence-corrected chi connectivity index (χ3v) is 8.09. The number of nitrogens with zero attached hydrogens (tertiary/aromatic N) is 2. The summed E-state index contributed by atoms with van der Waals surface area (Å²) in [7, 11) is -6.87. The minimum Gasteiger partial charge on any atom is -0.368 e. The van der Waals surface area contributed by atoms with Crippen molar-refractivity contribution in [2.45, 2.75) is 11.8 Å². The predicted molar refractivity (Wildman–Crippen MR) is 112 cm³/mol. The fourth-order valence-corrected chi connectivity index (χ4v) is 5.42. The maximum atomic E-state index is 12.6. The third-order valence-electron chi connectivity index (χ3n) is 4.75. The van der Waals surface area contributed by atoms with Crippen LogP contribution in [-0.4, -0.2) is 53.1 Å². The number of sulfone groups is 1. The first-order valence-electron chi connectivity index (χ1n) is 9.13. The number of anilines is 1. The van der Waals surface area contributed by atoms with E-state index in [0.717, 1.165) is 5.56 Å². The zero-order valence-electron chi connectivity index (χ0n) is 15.7. The largest absolute Gasteiger partial charge is 0.368 e. The van der Waals surface area contributed by atoms with Gasteiger partial charge in [-0.05, 0) is 23.8 Å². The molecule has 0 N–H and O–H groups in total. The van der Waals surface area contributed by atoms with Crippen molar-refractivity contribution < 1.29 is 16.8 Å². The number of hydrogen-bond donors (Lipinski definition) is 0. The van der Waals surface area contributed by atoms with Gasteiger partial charge in [-0.1, -0.05) is 49.4 Å². The highest BCUT2D eigenvalue weighted by atomic mass is 32.2. The summed E-state index contributed by atoms with van der Waals surface area (Å²) < 4.78 is 51.4. The van der Waals surface area contributed by atoms with E-state index < -0.39 is 19.9 Å². The van der Waals surface area contributed by atoms with Gasteiger partial charge in [0.1, 0.15) is 0 Å². The van der Waals surface area contributed by atoms with Crippen molar-refractivity contribution in [3.63, 3.8) is 0 Å². The van der Waals surface area contributed by atoms with E-state index >= 15 is 0 Å². The van der Waals surface area contributed by atoms with Gasteiger partial charge in [0, 0.05) is 31.6 Å². The molecule has 2 aromatic rings. The molecular weight excluding hydrogens is 396 g/mol. The molecule has 1 fully saturated rings. The summed E-state index contributed by atoms with van der Waals surface area (Å²) in [5.74, 6) is 0.0304. The van der Waals surface area contributed by atoms with Crippen molar-refractivity contribution in [3.05, 3.63) is 65.6 Å². The lowest BCUT2D eigenvalue weighted by Gasteiger charge is -2.35. The number of piperazine rings is 1. The highest BCUT2D eigenvalue weighted by molar-refractivity contribution is 7.92. The summed E-state index contributed by atoms with van der Waals surface area (Å²) in [4.78, 5) is 2.24. The van der Waals surface area contributed by atoms with Gasteiger partial charge in [-0.3, -0.25) is 0 Å². The van der Waals surface area contributed by atoms with Crippen LogP contribution < -0.4 is 4.90 Å². The van der Waals surface area contributed by atoms with Gasteiger partial charge in [0.05, 0.1) is 16.3 Å². The Balaban J connectivity index is 1.72. The summed E-state index contributed by atoms with van der Waals surface area (Å²) in [6.07, 6.45) is 1.59. The lowest BCUT2D eigenvalue weighted by molar-refractivity contribution is 0.389. The molecule has 1 aliphatic rings. The minimum atomic E-state index is -3.52. The molecule has 0 saturated carbocycles. The molecule has 0 radical (unpaired) electrons. The molecule has 0 aliphatic carbocycles. The molecule has 3 rings (SSSR count). The molecule has 0 atom stereocenters. The Labute approximate surface area is 167 Å². The lowest BCUT2D eigenvalue weighted by atomic mass is 10.2. The van der Waals surface area contributed by atoms with E-state index in [1.54, 1.807) is 37.3 Å². The normalized spacial score (nSPS) is 16.5. The summed E-state index contributed by atoms with van der Waals surface area (Å²) in [6, 6.07) is 16.2. The number of benzene rings is 2. The smallest absolute Gasteiger partial charge is 0.236 e. The number of sulfonamides is 1. The van der Waals surface area contributed by atoms with E-state index in [2.05, 4.69) is 0 Å². The van der Waals surface area contributed by atoms with Crippen LogP contribution in [0.1, 0.15) is 12.5 Å². The van der Waals surface area contributed by atoms with Gasteiger partial charge in [0.2, 0.25) is 10.0 Å². The van der Waals surface area contributed by atoms with Gasteiger partial charge >= 0.3 is 0 Å². The molecule has 28 heavy (non-hydrogen) atoms. The summed E-state index contributed by atoms with van der Waals surface area (Å²) in [5, 5.41) is 1.23. The van der Waals surface area contributed by atoms with Crippen LogP contribution in [0.4, 0.5) is 5.69 Å². The van der Waals surface area contributed by atoms with Gasteiger partial charge in [-0.25, -0.2) is 16.8 Å². The van der Waals surface area contributed by atoms with Crippen molar-refractivity contribution >= 4 is 31.6 Å². The Bertz CT molecular complexity index is 1040. The van der Waals surface area contributed by atoms with Gasteiger partial charge in [-0.15, -0.1) is 0 Å². The maximum Gasteiger partial charge on any atom is 0.236 e. The Morgan fingerprint density at radius 3 is 2.11 bits per heavy atom. The van der Waals surface area contributed by atoms with Crippen LogP contribution in [0.15, 0.2) is 64.9 Å². The van der Waals surface area contributed by atoms with Crippen LogP contribution in [0.25, 0.3) is 6.08 Å². The van der Waals surface area contributed by atoms with Crippen molar-refractivity contribution in [2.24, 2.45) is 0 Å². The number of para-hydroxylation sites is 1. The Hall–Kier alpha value is -2.16. The monoisotopic (exact) mass is 420 g/mol. The van der Waals surface area contributed by atoms with E-state index in [4.69, 9.17) is 0 Å². The van der Waals surface area contributed by atoms with Crippen molar-refractivity contribution in [1.82, 2.24) is 4.31 Å². The molecule has 1 heterocycles. The van der Waals surface area contributed by atoms with Crippen LogP contribution in [0.2, 0.25) is 0 Å². The summed E-state index contributed by atoms with van der Waals surface area (Å²) in [5.41, 5.74) is 1.46. The first-order chi connectivity index (χ1) is 13.3. The van der Waals surface area contributed by atoms with E-state index in [0.29, 0.717) is 36.8 Å². The molecule has 1 aliphatic heterocycles. The number of hydrogen-bond acceptors (Lipinski definition) is 5. The van der Waals surface area contributed by atoms with Gasteiger partial charge < -0.3 is 4.90 Å². The molecule has 1 saturated heterocycles. The highest BCUT2D eigenvalue weighted by Gasteiger charge is 2.27. The van der Waals surface area contributed by atoms with Crippen LogP contribution in [0.5, 0.6) is 0 Å². The first kappa shape index (κ1) is 20.6. The molecule has 2 aromatic carbocycles. The Kier molecular flexibility index (Phi) is 6.22. The van der Waals surface area contributed by atoms with Crippen LogP contribution in [-0.2, 0) is 19.9 Å². The van der Waals surface area contributed by atoms with Gasteiger partial charge in [0.15, 0.2) is 9.84 Å². The van der Waals surface area contributed by atoms with Crippen molar-refractivity contribution in [3.8, 4) is 0 Å². The second-order valence-corrected chi connectivity index (χ2v) is 10.6. The topological polar surface area (TPSA) is 74.8 Å². The molecule has 150 valence electrons. The fourth-order valence-electron chi connectivity index (χ4n) is 3.14. The van der Waals surface area contributed by atoms with E-state index in [-0.39, 0.29) is 5.75 Å². The molecular formula is C20H24N2O4S2. The Morgan fingerprint density at radius 2 is 1.46 bits per heavy atom. The van der Waals surface area contributed by atoms with Crippen molar-refractivity contribution in [1.29, 1.82) is 0 Å². The molecule has 6 nitrogen and oxygen atoms in total. The molecule has 0 aromatic heterocycles. The lowest BCUT2D eigenvalue weighted by Crippen LogP contribution is -2.48. The Morgan fingerprint density at radius 1 is 0.857 bits per heavy atom. The van der Waals surface area contributed by atoms with Crippen LogP contribution >= 0.6 is 0 Å².